The summed E-state index contributed by atoms with van der Waals surface area (Å²) in [6, 6.07) is 16.3. The number of aromatic nitrogens is 3. The Labute approximate surface area is 192 Å². The molecule has 0 bridgehead atoms. The highest BCUT2D eigenvalue weighted by Gasteiger charge is 2.22. The molecular weight excluding hydrogens is 420 g/mol. The fourth-order valence-electron chi connectivity index (χ4n) is 4.52. The van der Waals surface area contributed by atoms with Crippen molar-refractivity contribution in [3.8, 4) is 0 Å². The molecule has 4 aromatic rings. The third-order valence-electron chi connectivity index (χ3n) is 6.19. The number of carbonyl (C=O) groups is 1. The Morgan fingerprint density at radius 1 is 1.00 bits per heavy atom. The second-order valence-corrected chi connectivity index (χ2v) is 8.84. The fourth-order valence-corrected chi connectivity index (χ4v) is 4.81. The molecule has 32 heavy (non-hydrogen) atoms. The molecule has 2 aromatic heterocycles. The van der Waals surface area contributed by atoms with E-state index in [9.17, 15) is 4.79 Å². The molecule has 2 N–H and O–H groups in total. The summed E-state index contributed by atoms with van der Waals surface area (Å²) in [4.78, 5) is 25.4. The normalized spacial score (nSPS) is 14.5. The average Bonchev–Trinajstić information content (AvgIpc) is 3.26. The first-order valence-electron chi connectivity index (χ1n) is 11.1. The van der Waals surface area contributed by atoms with Gasteiger partial charge in [-0.1, -0.05) is 67.3 Å². The van der Waals surface area contributed by atoms with Gasteiger partial charge in [0.1, 0.15) is 17.8 Å². The lowest BCUT2D eigenvalue weighted by Crippen LogP contribution is -2.23. The van der Waals surface area contributed by atoms with Crippen molar-refractivity contribution in [3.63, 3.8) is 0 Å². The molecule has 1 fully saturated rings. The van der Waals surface area contributed by atoms with Crippen LogP contribution in [0.2, 0.25) is 5.02 Å². The van der Waals surface area contributed by atoms with Crippen LogP contribution in [0, 0.1) is 0 Å². The summed E-state index contributed by atoms with van der Waals surface area (Å²) in [7, 11) is 0. The van der Waals surface area contributed by atoms with Gasteiger partial charge in [-0.3, -0.25) is 4.79 Å². The average molecular weight is 445 g/mol. The molecule has 2 aromatic carbocycles. The molecule has 2 heterocycles. The SMILES string of the molecule is O=C(c1ccc(Cc2ccccc2)cc1Cl)c1c[nH]c2ncnc(NC3CCCCC3)c12. The first kappa shape index (κ1) is 20.7. The van der Waals surface area contributed by atoms with Crippen molar-refractivity contribution in [1.29, 1.82) is 0 Å². The highest BCUT2D eigenvalue weighted by Crippen LogP contribution is 2.30. The molecule has 1 aliphatic rings. The molecule has 0 aliphatic heterocycles. The van der Waals surface area contributed by atoms with Crippen molar-refractivity contribution < 1.29 is 4.79 Å². The second kappa shape index (κ2) is 9.13. The highest BCUT2D eigenvalue weighted by molar-refractivity contribution is 6.35. The first-order chi connectivity index (χ1) is 15.7. The van der Waals surface area contributed by atoms with Gasteiger partial charge < -0.3 is 10.3 Å². The molecule has 1 aliphatic carbocycles. The molecule has 0 atom stereocenters. The zero-order valence-corrected chi connectivity index (χ0v) is 18.5. The maximum absolute atomic E-state index is 13.5. The van der Waals surface area contributed by atoms with Gasteiger partial charge in [-0.05, 0) is 42.5 Å². The summed E-state index contributed by atoms with van der Waals surface area (Å²) in [5.74, 6) is 0.581. The van der Waals surface area contributed by atoms with Crippen LogP contribution < -0.4 is 5.32 Å². The minimum absolute atomic E-state index is 0.131. The van der Waals surface area contributed by atoms with E-state index in [-0.39, 0.29) is 5.78 Å². The van der Waals surface area contributed by atoms with E-state index in [0.717, 1.165) is 30.2 Å². The van der Waals surface area contributed by atoms with Crippen molar-refractivity contribution >= 4 is 34.2 Å². The summed E-state index contributed by atoms with van der Waals surface area (Å²) in [6.45, 7) is 0. The zero-order valence-electron chi connectivity index (χ0n) is 17.8. The summed E-state index contributed by atoms with van der Waals surface area (Å²) < 4.78 is 0. The molecular formula is C26H25ClN4O. The number of nitrogens with one attached hydrogen (secondary N) is 2. The highest BCUT2D eigenvalue weighted by atomic mass is 35.5. The number of benzene rings is 2. The van der Waals surface area contributed by atoms with Crippen LogP contribution in [0.4, 0.5) is 5.82 Å². The van der Waals surface area contributed by atoms with Gasteiger partial charge in [0.25, 0.3) is 0 Å². The van der Waals surface area contributed by atoms with Gasteiger partial charge >= 0.3 is 0 Å². The number of nitrogens with zero attached hydrogens (tertiary/aromatic N) is 2. The maximum atomic E-state index is 13.5. The van der Waals surface area contributed by atoms with Gasteiger partial charge in [0, 0.05) is 17.8 Å². The second-order valence-electron chi connectivity index (χ2n) is 8.43. The number of aromatic amines is 1. The monoisotopic (exact) mass is 444 g/mol. The van der Waals surface area contributed by atoms with Crippen LogP contribution >= 0.6 is 11.6 Å². The standard InChI is InChI=1S/C26H25ClN4O/c27-22-14-18(13-17-7-3-1-4-8-17)11-12-20(22)24(32)21-15-28-25-23(21)26(30-16-29-25)31-19-9-5-2-6-10-19/h1,3-4,7-8,11-12,14-16,19H,2,5-6,9-10,13H2,(H2,28,29,30,31). The fraction of sp³-hybridized carbons (Fsp3) is 0.269. The zero-order chi connectivity index (χ0) is 21.9. The maximum Gasteiger partial charge on any atom is 0.196 e. The van der Waals surface area contributed by atoms with Crippen LogP contribution in [0.5, 0.6) is 0 Å². The van der Waals surface area contributed by atoms with Crippen LogP contribution in [0.25, 0.3) is 11.0 Å². The molecule has 162 valence electrons. The van der Waals surface area contributed by atoms with Gasteiger partial charge in [-0.2, -0.15) is 0 Å². The van der Waals surface area contributed by atoms with Crippen LogP contribution in [-0.2, 0) is 6.42 Å². The van der Waals surface area contributed by atoms with Crippen LogP contribution in [0.1, 0.15) is 59.2 Å². The van der Waals surface area contributed by atoms with Crippen molar-refractivity contribution in [3.05, 3.63) is 88.3 Å². The number of fused-ring (bicyclic) bond motifs is 1. The van der Waals surface area contributed by atoms with E-state index in [1.54, 1.807) is 6.20 Å². The van der Waals surface area contributed by atoms with Gasteiger partial charge in [-0.15, -0.1) is 0 Å². The van der Waals surface area contributed by atoms with Crippen molar-refractivity contribution in [2.75, 3.05) is 5.32 Å². The third-order valence-corrected chi connectivity index (χ3v) is 6.50. The van der Waals surface area contributed by atoms with E-state index < -0.39 is 0 Å². The van der Waals surface area contributed by atoms with Gasteiger partial charge in [0.05, 0.1) is 16.0 Å². The number of carbonyl (C=O) groups excluding carboxylic acids is 1. The first-order valence-corrected chi connectivity index (χ1v) is 11.5. The van der Waals surface area contributed by atoms with Crippen LogP contribution in [0.15, 0.2) is 61.1 Å². The Balaban J connectivity index is 1.44. The molecule has 1 saturated carbocycles. The number of hydrogen-bond acceptors (Lipinski definition) is 4. The van der Waals surface area contributed by atoms with Crippen molar-refractivity contribution in [2.45, 2.75) is 44.6 Å². The van der Waals surface area contributed by atoms with E-state index in [4.69, 9.17) is 11.6 Å². The number of hydrogen-bond donors (Lipinski definition) is 2. The lowest BCUT2D eigenvalue weighted by Gasteiger charge is -2.23. The number of anilines is 1. The Hall–Kier alpha value is -3.18. The number of H-pyrrole nitrogens is 1. The van der Waals surface area contributed by atoms with E-state index in [1.165, 1.54) is 31.2 Å². The summed E-state index contributed by atoms with van der Waals surface area (Å²) in [6.07, 6.45) is 9.97. The van der Waals surface area contributed by atoms with Gasteiger partial charge in [0.2, 0.25) is 0 Å². The lowest BCUT2D eigenvalue weighted by atomic mass is 9.95. The Kier molecular flexibility index (Phi) is 5.91. The van der Waals surface area contributed by atoms with Crippen LogP contribution in [0.3, 0.4) is 0 Å². The molecule has 0 amide bonds. The third kappa shape index (κ3) is 4.26. The Bertz CT molecular complexity index is 1250. The molecule has 6 heteroatoms. The smallest absolute Gasteiger partial charge is 0.196 e. The van der Waals surface area contributed by atoms with Crippen LogP contribution in [-0.4, -0.2) is 26.8 Å². The van der Waals surface area contributed by atoms with Crippen molar-refractivity contribution in [1.82, 2.24) is 15.0 Å². The number of ketones is 1. The molecule has 0 radical (unpaired) electrons. The van der Waals surface area contributed by atoms with Crippen molar-refractivity contribution in [2.24, 2.45) is 0 Å². The molecule has 5 nitrogen and oxygen atoms in total. The van der Waals surface area contributed by atoms with Gasteiger partial charge in [-0.25, -0.2) is 9.97 Å². The largest absolute Gasteiger partial charge is 0.367 e. The molecule has 5 rings (SSSR count). The minimum atomic E-state index is -0.131. The predicted molar refractivity (Wildman–Crippen MR) is 129 cm³/mol. The molecule has 0 unspecified atom stereocenters. The number of halogens is 1. The Morgan fingerprint density at radius 2 is 1.81 bits per heavy atom. The molecule has 0 saturated heterocycles. The Morgan fingerprint density at radius 3 is 2.59 bits per heavy atom. The van der Waals surface area contributed by atoms with E-state index in [0.29, 0.717) is 33.7 Å². The quantitative estimate of drug-likeness (QED) is 0.348. The lowest BCUT2D eigenvalue weighted by molar-refractivity contribution is 0.104. The topological polar surface area (TPSA) is 70.7 Å². The summed E-state index contributed by atoms with van der Waals surface area (Å²) >= 11 is 6.58. The van der Waals surface area contributed by atoms with E-state index in [2.05, 4.69) is 32.4 Å². The minimum Gasteiger partial charge on any atom is -0.367 e. The predicted octanol–water partition coefficient (Wildman–Crippen LogP) is 6.18. The van der Waals surface area contributed by atoms with Gasteiger partial charge in [0.15, 0.2) is 5.78 Å². The van der Waals surface area contributed by atoms with E-state index in [1.807, 2.05) is 36.4 Å². The summed E-state index contributed by atoms with van der Waals surface area (Å²) in [5.41, 5.74) is 3.95. The van der Waals surface area contributed by atoms with E-state index >= 15 is 0 Å². The number of rotatable bonds is 6. The summed E-state index contributed by atoms with van der Waals surface area (Å²) in [5, 5.41) is 4.74. The molecule has 0 spiro atoms.